The fraction of sp³-hybridized carbons (Fsp3) is 0.667. The van der Waals surface area contributed by atoms with Crippen molar-refractivity contribution in [2.45, 2.75) is 77.9 Å². The number of Topliss-reactive ketones (excluding diaryl/α,β-unsaturated/α-hetero) is 1. The highest BCUT2D eigenvalue weighted by molar-refractivity contribution is 6.02. The van der Waals surface area contributed by atoms with Crippen LogP contribution in [0.3, 0.4) is 0 Å². The highest BCUT2D eigenvalue weighted by Crippen LogP contribution is 2.31. The van der Waals surface area contributed by atoms with Gasteiger partial charge in [-0.3, -0.25) is 19.6 Å². The van der Waals surface area contributed by atoms with Crippen molar-refractivity contribution in [3.05, 3.63) is 29.8 Å². The van der Waals surface area contributed by atoms with Crippen molar-refractivity contribution in [1.82, 2.24) is 10.4 Å². The third-order valence-corrected chi connectivity index (χ3v) is 7.39. The number of hydroxylamine groups is 2. The molecule has 0 bridgehead atoms. The minimum absolute atomic E-state index is 0.0872. The van der Waals surface area contributed by atoms with Gasteiger partial charge in [-0.05, 0) is 54.9 Å². The lowest BCUT2D eigenvalue weighted by atomic mass is 9.81. The van der Waals surface area contributed by atoms with Crippen LogP contribution in [0, 0.1) is 17.3 Å². The smallest absolute Gasteiger partial charge is 0.233 e. The number of nitrogens with zero attached hydrogens (tertiary/aromatic N) is 2. The van der Waals surface area contributed by atoms with Gasteiger partial charge in [-0.15, -0.1) is 0 Å². The molecule has 3 rings (SSSR count). The molecule has 1 aliphatic heterocycles. The fourth-order valence-corrected chi connectivity index (χ4v) is 5.24. The Morgan fingerprint density at radius 3 is 2.26 bits per heavy atom. The summed E-state index contributed by atoms with van der Waals surface area (Å²) in [6.07, 6.45) is 6.46. The number of hydrogen-bond donors (Lipinski definition) is 3. The molecule has 0 spiro atoms. The number of anilines is 1. The second kappa shape index (κ2) is 12.0. The first-order valence-corrected chi connectivity index (χ1v) is 12.9. The zero-order valence-electron chi connectivity index (χ0n) is 21.3. The highest BCUT2D eigenvalue weighted by atomic mass is 16.5. The number of carbonyl (C=O) groups is 3. The summed E-state index contributed by atoms with van der Waals surface area (Å²) >= 11 is 0. The third kappa shape index (κ3) is 7.51. The molecule has 0 unspecified atom stereocenters. The number of nitrogens with one attached hydrogen (secondary N) is 1. The first kappa shape index (κ1) is 27.1. The molecule has 0 radical (unpaired) electrons. The maximum absolute atomic E-state index is 13.5. The average Bonchev–Trinajstić information content (AvgIpc) is 3.34. The lowest BCUT2D eigenvalue weighted by Crippen LogP contribution is -2.52. The number of piperidine rings is 1. The van der Waals surface area contributed by atoms with E-state index in [2.05, 4.69) is 10.2 Å². The van der Waals surface area contributed by atoms with Crippen LogP contribution in [0.1, 0.15) is 76.1 Å². The number of benzene rings is 1. The Bertz CT molecular complexity index is 853. The van der Waals surface area contributed by atoms with Crippen LogP contribution in [0.5, 0.6) is 0 Å². The van der Waals surface area contributed by atoms with Crippen molar-refractivity contribution in [2.24, 2.45) is 17.3 Å². The lowest BCUT2D eigenvalue weighted by Gasteiger charge is -2.33. The monoisotopic (exact) mass is 487 g/mol. The van der Waals surface area contributed by atoms with Crippen LogP contribution in [0.25, 0.3) is 0 Å². The summed E-state index contributed by atoms with van der Waals surface area (Å²) in [5.41, 5.74) is 1.00. The van der Waals surface area contributed by atoms with Crippen molar-refractivity contribution < 1.29 is 24.7 Å². The summed E-state index contributed by atoms with van der Waals surface area (Å²) in [7, 11) is 0. The average molecular weight is 488 g/mol. The van der Waals surface area contributed by atoms with Crippen molar-refractivity contribution in [3.63, 3.8) is 0 Å². The number of aliphatic hydroxyl groups is 1. The Hall–Kier alpha value is -2.45. The fourth-order valence-electron chi connectivity index (χ4n) is 5.24. The van der Waals surface area contributed by atoms with E-state index in [-0.39, 0.29) is 24.3 Å². The zero-order chi connectivity index (χ0) is 25.6. The van der Waals surface area contributed by atoms with Gasteiger partial charge >= 0.3 is 0 Å². The standard InChI is InChI=1S/C27H41N3O5/c1-27(2,3)25(28-26(34)21(17-30(35)18-31)16-19-6-4-5-7-19)24(33)20-8-10-22(11-9-20)29-14-12-23(32)13-15-29/h8-11,18-19,21,23,25,32,35H,4-7,12-17H2,1-3H3,(H,28,34)/t21-,25-/m1/s1. The largest absolute Gasteiger partial charge is 0.393 e. The molecular formula is C27H41N3O5. The molecule has 8 heteroatoms. The predicted molar refractivity (Wildman–Crippen MR) is 134 cm³/mol. The molecule has 1 aliphatic carbocycles. The van der Waals surface area contributed by atoms with Gasteiger partial charge in [0, 0.05) is 24.3 Å². The first-order valence-electron chi connectivity index (χ1n) is 12.9. The van der Waals surface area contributed by atoms with Gasteiger partial charge in [-0.1, -0.05) is 46.5 Å². The van der Waals surface area contributed by atoms with Gasteiger partial charge in [0.1, 0.15) is 0 Å². The van der Waals surface area contributed by atoms with Crippen LogP contribution in [0.15, 0.2) is 24.3 Å². The predicted octanol–water partition coefficient (Wildman–Crippen LogP) is 3.41. The molecule has 1 aromatic rings. The molecule has 1 aromatic carbocycles. The summed E-state index contributed by atoms with van der Waals surface area (Å²) in [5, 5.41) is 23.0. The second-order valence-electron chi connectivity index (χ2n) is 11.2. The van der Waals surface area contributed by atoms with E-state index >= 15 is 0 Å². The molecule has 0 aromatic heterocycles. The molecule has 35 heavy (non-hydrogen) atoms. The molecule has 1 saturated carbocycles. The molecule has 2 atom stereocenters. The Kier molecular flexibility index (Phi) is 9.30. The quantitative estimate of drug-likeness (QED) is 0.202. The molecule has 1 saturated heterocycles. The summed E-state index contributed by atoms with van der Waals surface area (Å²) in [5.74, 6) is -0.669. The molecule has 194 valence electrons. The Balaban J connectivity index is 1.72. The van der Waals surface area contributed by atoms with Crippen LogP contribution in [-0.2, 0) is 9.59 Å². The maximum atomic E-state index is 13.5. The third-order valence-electron chi connectivity index (χ3n) is 7.39. The minimum atomic E-state index is -0.750. The number of amides is 2. The van der Waals surface area contributed by atoms with Gasteiger partial charge in [-0.2, -0.15) is 0 Å². The van der Waals surface area contributed by atoms with E-state index in [4.69, 9.17) is 0 Å². The molecule has 1 heterocycles. The topological polar surface area (TPSA) is 110 Å². The molecular weight excluding hydrogens is 446 g/mol. The van der Waals surface area contributed by atoms with E-state index < -0.39 is 17.4 Å². The normalized spacial score (nSPS) is 19.3. The van der Waals surface area contributed by atoms with E-state index in [1.807, 2.05) is 32.9 Å². The van der Waals surface area contributed by atoms with Gasteiger partial charge in [0.15, 0.2) is 5.78 Å². The summed E-state index contributed by atoms with van der Waals surface area (Å²) in [6.45, 7) is 7.22. The lowest BCUT2D eigenvalue weighted by molar-refractivity contribution is -0.155. The summed E-state index contributed by atoms with van der Waals surface area (Å²) < 4.78 is 0. The zero-order valence-corrected chi connectivity index (χ0v) is 21.3. The Morgan fingerprint density at radius 2 is 1.71 bits per heavy atom. The van der Waals surface area contributed by atoms with E-state index in [0.29, 0.717) is 29.4 Å². The number of hydrogen-bond acceptors (Lipinski definition) is 6. The van der Waals surface area contributed by atoms with Gasteiger partial charge in [0.25, 0.3) is 0 Å². The minimum Gasteiger partial charge on any atom is -0.393 e. The molecule has 3 N–H and O–H groups in total. The summed E-state index contributed by atoms with van der Waals surface area (Å²) in [4.78, 5) is 40.1. The van der Waals surface area contributed by atoms with Crippen LogP contribution >= 0.6 is 0 Å². The van der Waals surface area contributed by atoms with E-state index in [0.717, 1.165) is 57.3 Å². The van der Waals surface area contributed by atoms with E-state index in [9.17, 15) is 24.7 Å². The molecule has 2 fully saturated rings. The van der Waals surface area contributed by atoms with Crippen molar-refractivity contribution in [1.29, 1.82) is 0 Å². The number of rotatable bonds is 10. The van der Waals surface area contributed by atoms with Crippen LogP contribution < -0.4 is 10.2 Å². The van der Waals surface area contributed by atoms with E-state index in [1.165, 1.54) is 0 Å². The Morgan fingerprint density at radius 1 is 1.11 bits per heavy atom. The summed E-state index contributed by atoms with van der Waals surface area (Å²) in [6, 6.07) is 6.68. The van der Waals surface area contributed by atoms with Crippen LogP contribution in [0.2, 0.25) is 0 Å². The maximum Gasteiger partial charge on any atom is 0.233 e. The molecule has 8 nitrogen and oxygen atoms in total. The first-order chi connectivity index (χ1) is 16.6. The van der Waals surface area contributed by atoms with Crippen molar-refractivity contribution in [2.75, 3.05) is 24.5 Å². The SMILES string of the molecule is CC(C)(C)[C@H](NC(=O)[C@H](CC1CCCC1)CN(O)C=O)C(=O)c1ccc(N2CCC(O)CC2)cc1. The number of aliphatic hydroxyl groups excluding tert-OH is 1. The second-order valence-corrected chi connectivity index (χ2v) is 11.2. The van der Waals surface area contributed by atoms with Crippen molar-refractivity contribution >= 4 is 23.8 Å². The number of carbonyl (C=O) groups excluding carboxylic acids is 3. The Labute approximate surface area is 208 Å². The van der Waals surface area contributed by atoms with E-state index in [1.54, 1.807) is 12.1 Å². The van der Waals surface area contributed by atoms with Gasteiger partial charge in [-0.25, -0.2) is 5.06 Å². The molecule has 2 aliphatic rings. The van der Waals surface area contributed by atoms with Crippen LogP contribution in [0.4, 0.5) is 5.69 Å². The van der Waals surface area contributed by atoms with Gasteiger partial charge in [0.05, 0.1) is 24.6 Å². The van der Waals surface area contributed by atoms with Gasteiger partial charge in [0.2, 0.25) is 12.3 Å². The van der Waals surface area contributed by atoms with Gasteiger partial charge < -0.3 is 15.3 Å². The number of ketones is 1. The molecule has 2 amide bonds. The highest BCUT2D eigenvalue weighted by Gasteiger charge is 2.36. The van der Waals surface area contributed by atoms with Crippen LogP contribution in [-0.4, -0.2) is 65.3 Å². The van der Waals surface area contributed by atoms with Crippen molar-refractivity contribution in [3.8, 4) is 0 Å².